The minimum atomic E-state index is -0.468. The Morgan fingerprint density at radius 3 is 2.52 bits per heavy atom. The summed E-state index contributed by atoms with van der Waals surface area (Å²) in [5.74, 6) is 0. The lowest BCUT2D eigenvalue weighted by Gasteiger charge is -2.35. The molecule has 4 nitrogen and oxygen atoms in total. The topological polar surface area (TPSA) is 41.6 Å². The molecule has 2 aromatic rings. The molecule has 0 saturated carbocycles. The van der Waals surface area contributed by atoms with Crippen molar-refractivity contribution in [2.75, 3.05) is 19.6 Å². The van der Waals surface area contributed by atoms with Gasteiger partial charge in [-0.05, 0) is 43.5 Å². The maximum absolute atomic E-state index is 12.4. The van der Waals surface area contributed by atoms with E-state index >= 15 is 0 Å². The van der Waals surface area contributed by atoms with E-state index in [4.69, 9.17) is 4.74 Å². The second-order valence-corrected chi connectivity index (χ2v) is 7.42. The molecule has 2 aromatic carbocycles. The quantitative estimate of drug-likeness (QED) is 0.891. The molecule has 1 atom stereocenters. The van der Waals surface area contributed by atoms with Crippen LogP contribution >= 0.6 is 0 Å². The molecule has 132 valence electrons. The molecule has 1 N–H and O–H groups in total. The fraction of sp³-hybridized carbons (Fsp3) is 0.381. The van der Waals surface area contributed by atoms with Gasteiger partial charge in [0, 0.05) is 19.6 Å². The number of piperazine rings is 1. The van der Waals surface area contributed by atoms with E-state index in [2.05, 4.69) is 41.7 Å². The molecule has 25 heavy (non-hydrogen) atoms. The van der Waals surface area contributed by atoms with Gasteiger partial charge < -0.3 is 15.0 Å². The van der Waals surface area contributed by atoms with Crippen molar-refractivity contribution in [1.82, 2.24) is 10.2 Å². The summed E-state index contributed by atoms with van der Waals surface area (Å²) < 4.78 is 5.51. The van der Waals surface area contributed by atoms with Crippen LogP contribution < -0.4 is 5.32 Å². The third-order valence-corrected chi connectivity index (χ3v) is 4.22. The van der Waals surface area contributed by atoms with Gasteiger partial charge in [0.15, 0.2) is 0 Å². The van der Waals surface area contributed by atoms with Gasteiger partial charge in [0.1, 0.15) is 5.60 Å². The van der Waals surface area contributed by atoms with Gasteiger partial charge in [0.2, 0.25) is 0 Å². The van der Waals surface area contributed by atoms with Crippen molar-refractivity contribution < 1.29 is 9.53 Å². The molecule has 0 aromatic heterocycles. The fourth-order valence-corrected chi connectivity index (χ4v) is 3.03. The normalized spacial score (nSPS) is 18.0. The molecule has 1 aliphatic rings. The first kappa shape index (κ1) is 17.5. The zero-order chi connectivity index (χ0) is 17.9. The molecule has 0 aliphatic carbocycles. The van der Waals surface area contributed by atoms with Crippen LogP contribution in [0.4, 0.5) is 4.79 Å². The number of rotatable bonds is 2. The van der Waals surface area contributed by atoms with Crippen LogP contribution in [0.15, 0.2) is 54.6 Å². The van der Waals surface area contributed by atoms with E-state index in [-0.39, 0.29) is 12.1 Å². The van der Waals surface area contributed by atoms with Crippen molar-refractivity contribution in [3.8, 4) is 11.1 Å². The van der Waals surface area contributed by atoms with E-state index in [9.17, 15) is 4.79 Å². The van der Waals surface area contributed by atoms with Gasteiger partial charge in [-0.3, -0.25) is 0 Å². The van der Waals surface area contributed by atoms with Crippen molar-refractivity contribution >= 4 is 6.09 Å². The Morgan fingerprint density at radius 2 is 1.80 bits per heavy atom. The molecule has 1 amide bonds. The molecule has 1 saturated heterocycles. The first-order valence-electron chi connectivity index (χ1n) is 8.79. The number of nitrogens with zero attached hydrogens (tertiary/aromatic N) is 1. The molecule has 1 heterocycles. The second-order valence-electron chi connectivity index (χ2n) is 7.42. The van der Waals surface area contributed by atoms with Crippen molar-refractivity contribution in [1.29, 1.82) is 0 Å². The van der Waals surface area contributed by atoms with E-state index in [1.165, 1.54) is 16.7 Å². The average Bonchev–Trinajstić information content (AvgIpc) is 2.61. The highest BCUT2D eigenvalue weighted by atomic mass is 16.6. The summed E-state index contributed by atoms with van der Waals surface area (Å²) in [6.07, 6.45) is -0.238. The minimum absolute atomic E-state index is 0.116. The Labute approximate surface area is 149 Å². The maximum Gasteiger partial charge on any atom is 0.410 e. The van der Waals surface area contributed by atoms with Crippen LogP contribution in [0, 0.1) is 0 Å². The van der Waals surface area contributed by atoms with Gasteiger partial charge in [-0.1, -0.05) is 48.5 Å². The van der Waals surface area contributed by atoms with E-state index in [0.29, 0.717) is 13.1 Å². The lowest BCUT2D eigenvalue weighted by molar-refractivity contribution is 0.0195. The van der Waals surface area contributed by atoms with Gasteiger partial charge in [0.05, 0.1) is 6.04 Å². The van der Waals surface area contributed by atoms with E-state index in [1.807, 2.05) is 39.0 Å². The number of nitrogens with one attached hydrogen (secondary N) is 1. The molecular weight excluding hydrogens is 312 g/mol. The van der Waals surface area contributed by atoms with Crippen LogP contribution in [0.2, 0.25) is 0 Å². The Bertz CT molecular complexity index is 722. The fourth-order valence-electron chi connectivity index (χ4n) is 3.03. The van der Waals surface area contributed by atoms with Crippen molar-refractivity contribution in [2.24, 2.45) is 0 Å². The van der Waals surface area contributed by atoms with Crippen LogP contribution in [0.1, 0.15) is 32.4 Å². The van der Waals surface area contributed by atoms with E-state index in [1.54, 1.807) is 4.90 Å². The lowest BCUT2D eigenvalue weighted by Crippen LogP contribution is -2.49. The van der Waals surface area contributed by atoms with Gasteiger partial charge in [-0.2, -0.15) is 0 Å². The first-order valence-corrected chi connectivity index (χ1v) is 8.79. The zero-order valence-corrected chi connectivity index (χ0v) is 15.2. The van der Waals surface area contributed by atoms with Gasteiger partial charge >= 0.3 is 6.09 Å². The second kappa shape index (κ2) is 7.28. The maximum atomic E-state index is 12.4. The van der Waals surface area contributed by atoms with Gasteiger partial charge in [-0.15, -0.1) is 0 Å². The Hall–Kier alpha value is -2.33. The van der Waals surface area contributed by atoms with Crippen LogP contribution in [0.3, 0.4) is 0 Å². The molecule has 0 spiro atoms. The Morgan fingerprint density at radius 1 is 1.08 bits per heavy atom. The Kier molecular flexibility index (Phi) is 5.09. The third kappa shape index (κ3) is 4.60. The van der Waals surface area contributed by atoms with Crippen LogP contribution in [0.5, 0.6) is 0 Å². The minimum Gasteiger partial charge on any atom is -0.444 e. The summed E-state index contributed by atoms with van der Waals surface area (Å²) >= 11 is 0. The molecule has 3 rings (SSSR count). The summed E-state index contributed by atoms with van der Waals surface area (Å²) in [6, 6.07) is 19.0. The van der Waals surface area contributed by atoms with Crippen molar-refractivity contribution in [3.05, 3.63) is 60.2 Å². The largest absolute Gasteiger partial charge is 0.444 e. The smallest absolute Gasteiger partial charge is 0.410 e. The molecule has 1 fully saturated rings. The molecule has 0 radical (unpaired) electrons. The number of hydrogen-bond acceptors (Lipinski definition) is 3. The number of ether oxygens (including phenoxy) is 1. The van der Waals surface area contributed by atoms with E-state index in [0.717, 1.165) is 6.54 Å². The predicted octanol–water partition coefficient (Wildman–Crippen LogP) is 4.24. The highest BCUT2D eigenvalue weighted by Gasteiger charge is 2.28. The number of benzene rings is 2. The zero-order valence-electron chi connectivity index (χ0n) is 15.2. The molecule has 0 bridgehead atoms. The Balaban J connectivity index is 1.75. The highest BCUT2D eigenvalue weighted by molar-refractivity contribution is 5.68. The van der Waals surface area contributed by atoms with Gasteiger partial charge in [0.25, 0.3) is 0 Å². The average molecular weight is 338 g/mol. The van der Waals surface area contributed by atoms with Crippen LogP contribution in [-0.4, -0.2) is 36.2 Å². The van der Waals surface area contributed by atoms with Crippen LogP contribution in [-0.2, 0) is 4.74 Å². The summed E-state index contributed by atoms with van der Waals surface area (Å²) in [5, 5.41) is 3.51. The number of carbonyl (C=O) groups excluding carboxylic acids is 1. The summed E-state index contributed by atoms with van der Waals surface area (Å²) in [7, 11) is 0. The summed E-state index contributed by atoms with van der Waals surface area (Å²) in [5.41, 5.74) is 3.11. The van der Waals surface area contributed by atoms with Gasteiger partial charge in [-0.25, -0.2) is 4.79 Å². The predicted molar refractivity (Wildman–Crippen MR) is 100 cm³/mol. The summed E-state index contributed by atoms with van der Waals surface area (Å²) in [6.45, 7) is 7.74. The monoisotopic (exact) mass is 338 g/mol. The highest BCUT2D eigenvalue weighted by Crippen LogP contribution is 2.25. The standard InChI is InChI=1S/C21H26N2O2/c1-21(2,3)25-20(24)23-13-12-22-19(15-23)18-11-7-10-17(14-18)16-8-5-4-6-9-16/h4-11,14,19,22H,12-13,15H2,1-3H3/t19-/m0/s1. The number of hydrogen-bond donors (Lipinski definition) is 1. The molecule has 0 unspecified atom stereocenters. The SMILES string of the molecule is CC(C)(C)OC(=O)N1CCN[C@H](c2cccc(-c3ccccc3)c2)C1. The van der Waals surface area contributed by atoms with E-state index < -0.39 is 5.60 Å². The van der Waals surface area contributed by atoms with Crippen molar-refractivity contribution in [3.63, 3.8) is 0 Å². The number of carbonyl (C=O) groups is 1. The molecular formula is C21H26N2O2. The molecule has 1 aliphatic heterocycles. The first-order chi connectivity index (χ1) is 11.9. The summed E-state index contributed by atoms with van der Waals surface area (Å²) in [4.78, 5) is 14.1. The number of amides is 1. The third-order valence-electron chi connectivity index (χ3n) is 4.22. The van der Waals surface area contributed by atoms with Crippen LogP contribution in [0.25, 0.3) is 11.1 Å². The lowest BCUT2D eigenvalue weighted by atomic mass is 9.98. The van der Waals surface area contributed by atoms with Crippen molar-refractivity contribution in [2.45, 2.75) is 32.4 Å². The molecule has 4 heteroatoms.